The van der Waals surface area contributed by atoms with Crippen LogP contribution in [0.25, 0.3) is 0 Å². The normalized spacial score (nSPS) is 11.4. The third kappa shape index (κ3) is 4.67. The Morgan fingerprint density at radius 2 is 1.65 bits per heavy atom. The Hall–Kier alpha value is -2.73. The number of Topliss-reactive ketones (excluding diaryl/α,β-unsaturated/α-hetero) is 1. The average molecular weight is 378 g/mol. The van der Waals surface area contributed by atoms with E-state index in [1.54, 1.807) is 43.3 Å². The molecule has 0 fully saturated rings. The van der Waals surface area contributed by atoms with Gasteiger partial charge in [-0.05, 0) is 50.2 Å². The molecule has 0 heterocycles. The molecule has 0 aliphatic carbocycles. The zero-order chi connectivity index (χ0) is 19.3. The standard InChI is InChI=1S/C19H20ClNO5/c1-11(22)13-5-7-17(18(9-13)25-4)26-12(2)19(23)21-14-6-8-16(24-3)15(20)10-14/h5-10,12H,1-4H3,(H,21,23)/t12-/m0/s1. The lowest BCUT2D eigenvalue weighted by molar-refractivity contribution is -0.122. The number of nitrogens with one attached hydrogen (secondary N) is 1. The number of anilines is 1. The predicted octanol–water partition coefficient (Wildman–Crippen LogP) is 3.97. The first kappa shape index (κ1) is 19.6. The number of rotatable bonds is 7. The molecule has 0 aliphatic rings. The SMILES string of the molecule is COc1ccc(NC(=O)[C@H](C)Oc2ccc(C(C)=O)cc2OC)cc1Cl. The predicted molar refractivity (Wildman–Crippen MR) is 99.7 cm³/mol. The quantitative estimate of drug-likeness (QED) is 0.739. The van der Waals surface area contributed by atoms with Crippen LogP contribution in [-0.4, -0.2) is 32.0 Å². The van der Waals surface area contributed by atoms with Crippen LogP contribution in [0.2, 0.25) is 5.02 Å². The molecule has 0 spiro atoms. The van der Waals surface area contributed by atoms with Gasteiger partial charge in [0, 0.05) is 11.3 Å². The number of carbonyl (C=O) groups is 2. The van der Waals surface area contributed by atoms with Crippen molar-refractivity contribution in [3.05, 3.63) is 47.0 Å². The monoisotopic (exact) mass is 377 g/mol. The Balaban J connectivity index is 2.09. The van der Waals surface area contributed by atoms with Crippen molar-refractivity contribution in [2.24, 2.45) is 0 Å². The van der Waals surface area contributed by atoms with Crippen molar-refractivity contribution in [2.75, 3.05) is 19.5 Å². The van der Waals surface area contributed by atoms with E-state index in [4.69, 9.17) is 25.8 Å². The summed E-state index contributed by atoms with van der Waals surface area (Å²) in [7, 11) is 2.98. The van der Waals surface area contributed by atoms with Crippen molar-refractivity contribution in [1.82, 2.24) is 0 Å². The number of carbonyl (C=O) groups excluding carboxylic acids is 2. The Morgan fingerprint density at radius 3 is 2.23 bits per heavy atom. The molecule has 6 nitrogen and oxygen atoms in total. The Labute approximate surface area is 157 Å². The van der Waals surface area contributed by atoms with E-state index < -0.39 is 6.10 Å². The second-order valence-corrected chi connectivity index (χ2v) is 5.93. The third-order valence-electron chi connectivity index (χ3n) is 3.66. The lowest BCUT2D eigenvalue weighted by Crippen LogP contribution is -2.30. The van der Waals surface area contributed by atoms with Crippen LogP contribution in [-0.2, 0) is 4.79 Å². The Morgan fingerprint density at radius 1 is 1.00 bits per heavy atom. The van der Waals surface area contributed by atoms with Crippen LogP contribution in [0.3, 0.4) is 0 Å². The highest BCUT2D eigenvalue weighted by Crippen LogP contribution is 2.30. The van der Waals surface area contributed by atoms with Gasteiger partial charge in [-0.3, -0.25) is 9.59 Å². The number of ketones is 1. The molecule has 1 amide bonds. The summed E-state index contributed by atoms with van der Waals surface area (Å²) in [6.07, 6.45) is -0.798. The average Bonchev–Trinajstić information content (AvgIpc) is 2.61. The molecule has 0 saturated carbocycles. The molecular formula is C19H20ClNO5. The number of benzene rings is 2. The highest BCUT2D eigenvalue weighted by molar-refractivity contribution is 6.32. The fourth-order valence-electron chi connectivity index (χ4n) is 2.22. The zero-order valence-corrected chi connectivity index (χ0v) is 15.7. The van der Waals surface area contributed by atoms with Crippen molar-refractivity contribution in [3.8, 4) is 17.2 Å². The van der Waals surface area contributed by atoms with E-state index in [-0.39, 0.29) is 11.7 Å². The second kappa shape index (κ2) is 8.58. The molecule has 2 rings (SSSR count). The van der Waals surface area contributed by atoms with Crippen molar-refractivity contribution in [1.29, 1.82) is 0 Å². The lowest BCUT2D eigenvalue weighted by atomic mass is 10.1. The number of ether oxygens (including phenoxy) is 3. The van der Waals surface area contributed by atoms with E-state index in [9.17, 15) is 9.59 Å². The van der Waals surface area contributed by atoms with Crippen LogP contribution in [0, 0.1) is 0 Å². The number of methoxy groups -OCH3 is 2. The highest BCUT2D eigenvalue weighted by atomic mass is 35.5. The van der Waals surface area contributed by atoms with Crippen molar-refractivity contribution in [2.45, 2.75) is 20.0 Å². The molecule has 2 aromatic rings. The maximum absolute atomic E-state index is 12.4. The summed E-state index contributed by atoms with van der Waals surface area (Å²) >= 11 is 6.05. The fourth-order valence-corrected chi connectivity index (χ4v) is 2.47. The van der Waals surface area contributed by atoms with E-state index in [2.05, 4.69) is 5.32 Å². The van der Waals surface area contributed by atoms with Gasteiger partial charge in [-0.25, -0.2) is 0 Å². The molecule has 7 heteroatoms. The maximum Gasteiger partial charge on any atom is 0.265 e. The number of hydrogen-bond donors (Lipinski definition) is 1. The minimum Gasteiger partial charge on any atom is -0.495 e. The van der Waals surface area contributed by atoms with Gasteiger partial charge in [0.05, 0.1) is 19.2 Å². The van der Waals surface area contributed by atoms with Crippen molar-refractivity contribution < 1.29 is 23.8 Å². The van der Waals surface area contributed by atoms with E-state index in [1.807, 2.05) is 0 Å². The summed E-state index contributed by atoms with van der Waals surface area (Å²) < 4.78 is 16.0. The Bertz CT molecular complexity index is 822. The molecule has 0 bridgehead atoms. The van der Waals surface area contributed by atoms with Gasteiger partial charge in [0.2, 0.25) is 0 Å². The maximum atomic E-state index is 12.4. The molecule has 138 valence electrons. The van der Waals surface area contributed by atoms with Gasteiger partial charge in [0.1, 0.15) is 5.75 Å². The molecule has 1 atom stereocenters. The summed E-state index contributed by atoms with van der Waals surface area (Å²) in [5.74, 6) is 0.822. The van der Waals surface area contributed by atoms with Crippen LogP contribution < -0.4 is 19.5 Å². The van der Waals surface area contributed by atoms with Gasteiger partial charge >= 0.3 is 0 Å². The van der Waals surface area contributed by atoms with E-state index in [0.717, 1.165) is 0 Å². The first-order chi connectivity index (χ1) is 12.3. The fraction of sp³-hybridized carbons (Fsp3) is 0.263. The van der Waals surface area contributed by atoms with Gasteiger partial charge in [-0.1, -0.05) is 11.6 Å². The topological polar surface area (TPSA) is 73.9 Å². The van der Waals surface area contributed by atoms with E-state index in [1.165, 1.54) is 21.1 Å². The van der Waals surface area contributed by atoms with Crippen LogP contribution in [0.1, 0.15) is 24.2 Å². The molecule has 0 aromatic heterocycles. The van der Waals surface area contributed by atoms with Gasteiger partial charge in [-0.2, -0.15) is 0 Å². The molecule has 26 heavy (non-hydrogen) atoms. The van der Waals surface area contributed by atoms with Gasteiger partial charge < -0.3 is 19.5 Å². The Kier molecular flexibility index (Phi) is 6.46. The minimum absolute atomic E-state index is 0.0861. The van der Waals surface area contributed by atoms with E-state index in [0.29, 0.717) is 33.5 Å². The largest absolute Gasteiger partial charge is 0.495 e. The molecule has 1 N–H and O–H groups in total. The summed E-state index contributed by atoms with van der Waals surface area (Å²) in [5.41, 5.74) is 1.02. The lowest BCUT2D eigenvalue weighted by Gasteiger charge is -2.17. The molecule has 0 saturated heterocycles. The molecule has 2 aromatic carbocycles. The van der Waals surface area contributed by atoms with Gasteiger partial charge in [0.15, 0.2) is 23.4 Å². The molecule has 0 aliphatic heterocycles. The first-order valence-corrected chi connectivity index (χ1v) is 8.23. The van der Waals surface area contributed by atoms with Crippen LogP contribution >= 0.6 is 11.6 Å². The first-order valence-electron chi connectivity index (χ1n) is 7.85. The van der Waals surface area contributed by atoms with Gasteiger partial charge in [-0.15, -0.1) is 0 Å². The number of hydrogen-bond acceptors (Lipinski definition) is 5. The van der Waals surface area contributed by atoms with Crippen molar-refractivity contribution >= 4 is 29.0 Å². The molecule has 0 unspecified atom stereocenters. The zero-order valence-electron chi connectivity index (χ0n) is 15.0. The van der Waals surface area contributed by atoms with Gasteiger partial charge in [0.25, 0.3) is 5.91 Å². The minimum atomic E-state index is -0.798. The highest BCUT2D eigenvalue weighted by Gasteiger charge is 2.18. The summed E-state index contributed by atoms with van der Waals surface area (Å²) in [6.45, 7) is 3.07. The second-order valence-electron chi connectivity index (χ2n) is 5.52. The van der Waals surface area contributed by atoms with Crippen LogP contribution in [0.5, 0.6) is 17.2 Å². The number of halogens is 1. The molecular weight excluding hydrogens is 358 g/mol. The summed E-state index contributed by atoms with van der Waals surface area (Å²) in [5, 5.41) is 3.11. The molecule has 0 radical (unpaired) electrons. The summed E-state index contributed by atoms with van der Waals surface area (Å²) in [4.78, 5) is 23.8. The summed E-state index contributed by atoms with van der Waals surface area (Å²) in [6, 6.07) is 9.72. The van der Waals surface area contributed by atoms with Crippen LogP contribution in [0.15, 0.2) is 36.4 Å². The smallest absolute Gasteiger partial charge is 0.265 e. The number of amides is 1. The van der Waals surface area contributed by atoms with Crippen molar-refractivity contribution in [3.63, 3.8) is 0 Å². The van der Waals surface area contributed by atoms with Crippen LogP contribution in [0.4, 0.5) is 5.69 Å². The van der Waals surface area contributed by atoms with E-state index >= 15 is 0 Å². The third-order valence-corrected chi connectivity index (χ3v) is 3.96.